The van der Waals surface area contributed by atoms with Gasteiger partial charge in [-0.2, -0.15) is 0 Å². The molecule has 7 heteroatoms. The van der Waals surface area contributed by atoms with Crippen molar-refractivity contribution in [3.05, 3.63) is 30.5 Å². The number of nitrogens with one attached hydrogen (secondary N) is 2. The fraction of sp³-hybridized carbons (Fsp3) is 0.609. The molecule has 1 saturated carbocycles. The van der Waals surface area contributed by atoms with E-state index in [4.69, 9.17) is 0 Å². The lowest BCUT2D eigenvalue weighted by Gasteiger charge is -2.46. The zero-order valence-electron chi connectivity index (χ0n) is 17.5. The molecule has 4 fully saturated rings. The molecule has 4 atom stereocenters. The standard InChI is InChI=1S/C23H31N5O2/c29-20-8-4-5-17(12-20)22-15-28(26-25-22)13-19-11-16-9-10-27(19)14-21(16)23(30)24-18-6-2-1-3-7-18/h4-5,8,12,15-16,18-19,21,29H,1-3,6-7,9-11,13-14H2,(H,24,30)/p+1/t16-,19-,21+/m1/s1. The Kier molecular flexibility index (Phi) is 5.46. The molecule has 1 amide bonds. The van der Waals surface area contributed by atoms with Crippen LogP contribution in [0.1, 0.15) is 44.9 Å². The Morgan fingerprint density at radius 2 is 2.10 bits per heavy atom. The summed E-state index contributed by atoms with van der Waals surface area (Å²) in [5.74, 6) is 1.20. The summed E-state index contributed by atoms with van der Waals surface area (Å²) >= 11 is 0. The van der Waals surface area contributed by atoms with Crippen LogP contribution in [0, 0.1) is 11.8 Å². The van der Waals surface area contributed by atoms with Crippen molar-refractivity contribution in [2.24, 2.45) is 11.8 Å². The van der Waals surface area contributed by atoms with Gasteiger partial charge in [0.25, 0.3) is 0 Å². The summed E-state index contributed by atoms with van der Waals surface area (Å²) in [6.45, 7) is 2.92. The smallest absolute Gasteiger partial charge is 0.229 e. The van der Waals surface area contributed by atoms with Gasteiger partial charge in [-0.05, 0) is 30.9 Å². The van der Waals surface area contributed by atoms with Gasteiger partial charge in [-0.1, -0.05) is 36.6 Å². The molecular weight excluding hydrogens is 378 g/mol. The number of fused-ring (bicyclic) bond motifs is 3. The first-order chi connectivity index (χ1) is 14.7. The number of amides is 1. The summed E-state index contributed by atoms with van der Waals surface area (Å²) in [7, 11) is 0. The van der Waals surface area contributed by atoms with E-state index in [1.165, 1.54) is 24.2 Å². The van der Waals surface area contributed by atoms with Crippen molar-refractivity contribution in [3.63, 3.8) is 0 Å². The van der Waals surface area contributed by atoms with Crippen LogP contribution < -0.4 is 10.2 Å². The highest BCUT2D eigenvalue weighted by atomic mass is 16.3. The quantitative estimate of drug-likeness (QED) is 0.696. The molecule has 2 aromatic rings. The van der Waals surface area contributed by atoms with Gasteiger partial charge in [0, 0.05) is 24.4 Å². The summed E-state index contributed by atoms with van der Waals surface area (Å²) < 4.78 is 1.93. The minimum absolute atomic E-state index is 0.172. The monoisotopic (exact) mass is 410 g/mol. The van der Waals surface area contributed by atoms with Gasteiger partial charge in [-0.15, -0.1) is 5.10 Å². The van der Waals surface area contributed by atoms with E-state index in [1.54, 1.807) is 12.1 Å². The van der Waals surface area contributed by atoms with Crippen LogP contribution >= 0.6 is 0 Å². The second-order valence-electron chi connectivity index (χ2n) is 9.42. The van der Waals surface area contributed by atoms with E-state index < -0.39 is 0 Å². The van der Waals surface area contributed by atoms with E-state index in [0.717, 1.165) is 56.6 Å². The Hall–Kier alpha value is -2.41. The third kappa shape index (κ3) is 4.08. The van der Waals surface area contributed by atoms with Gasteiger partial charge in [0.1, 0.15) is 17.5 Å². The highest BCUT2D eigenvalue weighted by Crippen LogP contribution is 2.29. The summed E-state index contributed by atoms with van der Waals surface area (Å²) in [6.07, 6.45) is 10.3. The number of hydrogen-bond acceptors (Lipinski definition) is 4. The Morgan fingerprint density at radius 3 is 2.87 bits per heavy atom. The molecule has 3 N–H and O–H groups in total. The predicted octanol–water partition coefficient (Wildman–Crippen LogP) is 1.39. The molecule has 30 heavy (non-hydrogen) atoms. The van der Waals surface area contributed by atoms with Crippen molar-refractivity contribution < 1.29 is 14.8 Å². The van der Waals surface area contributed by atoms with Gasteiger partial charge in [0.15, 0.2) is 0 Å². The second kappa shape index (κ2) is 8.38. The molecular formula is C23H32N5O2+. The molecule has 1 aromatic carbocycles. The molecule has 3 aliphatic heterocycles. The Labute approximate surface area is 177 Å². The number of hydrogen-bond donors (Lipinski definition) is 3. The number of phenols is 1. The lowest BCUT2D eigenvalue weighted by Crippen LogP contribution is -3.20. The first-order valence-electron chi connectivity index (χ1n) is 11.5. The zero-order chi connectivity index (χ0) is 20.5. The van der Waals surface area contributed by atoms with Crippen LogP contribution in [0.2, 0.25) is 0 Å². The second-order valence-corrected chi connectivity index (χ2v) is 9.42. The van der Waals surface area contributed by atoms with Crippen LogP contribution in [-0.4, -0.2) is 51.2 Å². The van der Waals surface area contributed by atoms with Gasteiger partial charge in [-0.3, -0.25) is 4.79 Å². The molecule has 160 valence electrons. The summed E-state index contributed by atoms with van der Waals surface area (Å²) in [5, 5.41) is 21.7. The summed E-state index contributed by atoms with van der Waals surface area (Å²) in [5.41, 5.74) is 1.65. The fourth-order valence-corrected chi connectivity index (χ4v) is 5.78. The van der Waals surface area contributed by atoms with Crippen molar-refractivity contribution in [1.29, 1.82) is 0 Å². The molecule has 0 radical (unpaired) electrons. The first kappa shape index (κ1) is 19.5. The third-order valence-corrected chi connectivity index (χ3v) is 7.43. The summed E-state index contributed by atoms with van der Waals surface area (Å²) in [6, 6.07) is 8.00. The van der Waals surface area contributed by atoms with Crippen LogP contribution in [0.15, 0.2) is 30.5 Å². The van der Waals surface area contributed by atoms with Crippen LogP contribution in [0.25, 0.3) is 11.3 Å². The molecule has 1 aromatic heterocycles. The fourth-order valence-electron chi connectivity index (χ4n) is 5.78. The van der Waals surface area contributed by atoms with Gasteiger partial charge in [0.2, 0.25) is 5.91 Å². The molecule has 4 aliphatic rings. The molecule has 2 bridgehead atoms. The number of benzene rings is 1. The molecule has 1 unspecified atom stereocenters. The molecule has 7 nitrogen and oxygen atoms in total. The lowest BCUT2D eigenvalue weighted by atomic mass is 9.75. The number of rotatable bonds is 5. The van der Waals surface area contributed by atoms with Crippen LogP contribution in [0.3, 0.4) is 0 Å². The van der Waals surface area contributed by atoms with E-state index in [1.807, 2.05) is 23.0 Å². The third-order valence-electron chi connectivity index (χ3n) is 7.43. The number of aromatic hydroxyl groups is 1. The van der Waals surface area contributed by atoms with Crippen LogP contribution in [-0.2, 0) is 11.3 Å². The SMILES string of the molecule is O=C(NC1CCCCC1)[C@H]1C[NH+]2CC[C@@H]1C[C@@H]2Cn1cc(-c2cccc(O)c2)nn1. The van der Waals surface area contributed by atoms with E-state index in [-0.39, 0.29) is 11.7 Å². The predicted molar refractivity (Wildman–Crippen MR) is 113 cm³/mol. The number of carbonyl (C=O) groups is 1. The zero-order valence-corrected chi connectivity index (χ0v) is 17.5. The average Bonchev–Trinajstić information content (AvgIpc) is 3.23. The van der Waals surface area contributed by atoms with E-state index >= 15 is 0 Å². The van der Waals surface area contributed by atoms with Gasteiger partial charge in [0.05, 0.1) is 31.7 Å². The Morgan fingerprint density at radius 1 is 1.23 bits per heavy atom. The molecule has 4 heterocycles. The number of carbonyl (C=O) groups excluding carboxylic acids is 1. The maximum Gasteiger partial charge on any atom is 0.229 e. The maximum atomic E-state index is 12.9. The Balaban J connectivity index is 1.20. The number of quaternary nitrogens is 1. The topological polar surface area (TPSA) is 84.5 Å². The number of phenolic OH excluding ortho intramolecular Hbond substituents is 1. The van der Waals surface area contributed by atoms with E-state index in [9.17, 15) is 9.90 Å². The van der Waals surface area contributed by atoms with E-state index in [2.05, 4.69) is 15.6 Å². The molecule has 0 spiro atoms. The lowest BCUT2D eigenvalue weighted by molar-refractivity contribution is -0.945. The van der Waals surface area contributed by atoms with Gasteiger partial charge < -0.3 is 15.3 Å². The Bertz CT molecular complexity index is 891. The largest absolute Gasteiger partial charge is 0.508 e. The molecule has 3 saturated heterocycles. The van der Waals surface area contributed by atoms with Crippen LogP contribution in [0.5, 0.6) is 5.75 Å². The number of nitrogens with zero attached hydrogens (tertiary/aromatic N) is 3. The molecule has 6 rings (SSSR count). The maximum absolute atomic E-state index is 12.9. The number of piperidine rings is 3. The normalized spacial score (nSPS) is 29.1. The van der Waals surface area contributed by atoms with Crippen molar-refractivity contribution in [2.45, 2.75) is 63.6 Å². The van der Waals surface area contributed by atoms with Crippen molar-refractivity contribution in [1.82, 2.24) is 20.3 Å². The van der Waals surface area contributed by atoms with Gasteiger partial charge in [-0.25, -0.2) is 4.68 Å². The highest BCUT2D eigenvalue weighted by molar-refractivity contribution is 5.79. The minimum Gasteiger partial charge on any atom is -0.508 e. The minimum atomic E-state index is 0.172. The van der Waals surface area contributed by atoms with E-state index in [0.29, 0.717) is 23.9 Å². The van der Waals surface area contributed by atoms with Gasteiger partial charge >= 0.3 is 0 Å². The average molecular weight is 411 g/mol. The molecule has 1 aliphatic carbocycles. The summed E-state index contributed by atoms with van der Waals surface area (Å²) in [4.78, 5) is 14.5. The van der Waals surface area contributed by atoms with Crippen molar-refractivity contribution >= 4 is 5.91 Å². The first-order valence-corrected chi connectivity index (χ1v) is 11.5. The van der Waals surface area contributed by atoms with Crippen molar-refractivity contribution in [3.8, 4) is 17.0 Å². The van der Waals surface area contributed by atoms with Crippen LogP contribution in [0.4, 0.5) is 0 Å². The highest BCUT2D eigenvalue weighted by Gasteiger charge is 2.46. The van der Waals surface area contributed by atoms with Crippen molar-refractivity contribution in [2.75, 3.05) is 13.1 Å². The number of aromatic nitrogens is 3.